The Kier molecular flexibility index (Phi) is 4.85. The van der Waals surface area contributed by atoms with Gasteiger partial charge in [0, 0.05) is 47.7 Å². The van der Waals surface area contributed by atoms with Crippen molar-refractivity contribution in [1.82, 2.24) is 9.88 Å². The molecular weight excluding hydrogens is 312 g/mol. The first kappa shape index (κ1) is 16.2. The molecule has 1 aliphatic rings. The molecule has 1 fully saturated rings. The zero-order valence-corrected chi connectivity index (χ0v) is 14.2. The van der Waals surface area contributed by atoms with E-state index in [1.807, 2.05) is 38.1 Å². The summed E-state index contributed by atoms with van der Waals surface area (Å²) in [4.78, 5) is 17.6. The normalized spacial score (nSPS) is 19.0. The molecule has 1 aromatic heterocycles. The number of nitrogens with zero attached hydrogens (tertiary/aromatic N) is 1. The molecule has 1 aliphatic heterocycles. The number of benzene rings is 1. The summed E-state index contributed by atoms with van der Waals surface area (Å²) in [5, 5.41) is 0.731. The topological polar surface area (TPSA) is 45.3 Å². The fourth-order valence-electron chi connectivity index (χ4n) is 2.92. The lowest BCUT2D eigenvalue weighted by Crippen LogP contribution is -2.38. The quantitative estimate of drug-likeness (QED) is 0.938. The summed E-state index contributed by atoms with van der Waals surface area (Å²) in [6.45, 7) is 6.80. The minimum Gasteiger partial charge on any atom is -0.371 e. The van der Waals surface area contributed by atoms with Crippen LogP contribution in [0.5, 0.6) is 0 Å². The summed E-state index contributed by atoms with van der Waals surface area (Å²) >= 11 is 5.95. The van der Waals surface area contributed by atoms with Gasteiger partial charge in [0.2, 0.25) is 0 Å². The Hall–Kier alpha value is -1.62. The van der Waals surface area contributed by atoms with E-state index in [9.17, 15) is 4.79 Å². The van der Waals surface area contributed by atoms with Crippen LogP contribution in [0, 0.1) is 13.8 Å². The summed E-state index contributed by atoms with van der Waals surface area (Å²) in [5.41, 5.74) is 3.80. The smallest absolute Gasteiger partial charge is 0.187 e. The third-order valence-corrected chi connectivity index (χ3v) is 4.64. The van der Waals surface area contributed by atoms with Crippen LogP contribution in [-0.2, 0) is 11.3 Å². The van der Waals surface area contributed by atoms with E-state index >= 15 is 0 Å². The Morgan fingerprint density at radius 2 is 2.04 bits per heavy atom. The summed E-state index contributed by atoms with van der Waals surface area (Å²) in [5.74, 6) is 0. The van der Waals surface area contributed by atoms with Crippen molar-refractivity contribution in [2.45, 2.75) is 26.5 Å². The van der Waals surface area contributed by atoms with E-state index in [0.717, 1.165) is 47.0 Å². The highest BCUT2D eigenvalue weighted by Gasteiger charge is 2.22. The third kappa shape index (κ3) is 3.66. The van der Waals surface area contributed by atoms with E-state index in [-0.39, 0.29) is 11.5 Å². The number of H-pyrrole nitrogens is 1. The first-order valence-corrected chi connectivity index (χ1v) is 8.19. The molecule has 3 rings (SSSR count). The highest BCUT2D eigenvalue weighted by atomic mass is 35.5. The molecule has 2 heterocycles. The Morgan fingerprint density at radius 1 is 1.30 bits per heavy atom. The van der Waals surface area contributed by atoms with Crippen molar-refractivity contribution in [3.8, 4) is 0 Å². The van der Waals surface area contributed by atoms with Gasteiger partial charge in [0.15, 0.2) is 5.43 Å². The zero-order valence-electron chi connectivity index (χ0n) is 13.4. The minimum atomic E-state index is 0.0403. The highest BCUT2D eigenvalue weighted by Crippen LogP contribution is 2.24. The average Bonchev–Trinajstić information content (AvgIpc) is 2.56. The van der Waals surface area contributed by atoms with Crippen molar-refractivity contribution in [2.24, 2.45) is 0 Å². The van der Waals surface area contributed by atoms with Crippen LogP contribution in [0.15, 0.2) is 35.3 Å². The van der Waals surface area contributed by atoms with E-state index in [4.69, 9.17) is 16.3 Å². The van der Waals surface area contributed by atoms with Gasteiger partial charge in [-0.2, -0.15) is 0 Å². The fraction of sp³-hybridized carbons (Fsp3) is 0.389. The molecule has 1 atom stereocenters. The number of hydrogen-bond acceptors (Lipinski definition) is 3. The van der Waals surface area contributed by atoms with Gasteiger partial charge >= 0.3 is 0 Å². The van der Waals surface area contributed by atoms with E-state index in [0.29, 0.717) is 6.61 Å². The van der Waals surface area contributed by atoms with Crippen LogP contribution in [-0.4, -0.2) is 29.6 Å². The van der Waals surface area contributed by atoms with Gasteiger partial charge < -0.3 is 9.72 Å². The molecule has 0 aliphatic carbocycles. The number of hydrogen-bond donors (Lipinski definition) is 1. The Morgan fingerprint density at radius 3 is 2.78 bits per heavy atom. The Bertz CT molecular complexity index is 740. The van der Waals surface area contributed by atoms with Gasteiger partial charge in [-0.1, -0.05) is 23.7 Å². The molecule has 23 heavy (non-hydrogen) atoms. The molecule has 1 N–H and O–H groups in total. The van der Waals surface area contributed by atoms with Crippen molar-refractivity contribution in [3.05, 3.63) is 68.1 Å². The summed E-state index contributed by atoms with van der Waals surface area (Å²) < 4.78 is 5.89. The van der Waals surface area contributed by atoms with Crippen molar-refractivity contribution >= 4 is 11.6 Å². The average molecular weight is 333 g/mol. The van der Waals surface area contributed by atoms with Crippen LogP contribution in [0.1, 0.15) is 28.5 Å². The van der Waals surface area contributed by atoms with Crippen molar-refractivity contribution in [2.75, 3.05) is 19.7 Å². The summed E-state index contributed by atoms with van der Waals surface area (Å²) in [6.07, 6.45) is 1.83. The van der Waals surface area contributed by atoms with Crippen molar-refractivity contribution in [3.63, 3.8) is 0 Å². The maximum atomic E-state index is 12.1. The number of aromatic amines is 1. The number of aryl methyl sites for hydroxylation is 1. The van der Waals surface area contributed by atoms with Gasteiger partial charge in [0.25, 0.3) is 0 Å². The van der Waals surface area contributed by atoms with Crippen LogP contribution in [0.4, 0.5) is 0 Å². The molecule has 2 aromatic rings. The van der Waals surface area contributed by atoms with Gasteiger partial charge in [-0.25, -0.2) is 0 Å². The monoisotopic (exact) mass is 332 g/mol. The first-order valence-electron chi connectivity index (χ1n) is 7.82. The van der Waals surface area contributed by atoms with Crippen molar-refractivity contribution < 1.29 is 4.74 Å². The first-order chi connectivity index (χ1) is 11.0. The molecule has 0 radical (unpaired) electrons. The Balaban J connectivity index is 1.73. The van der Waals surface area contributed by atoms with Crippen LogP contribution in [0.25, 0.3) is 0 Å². The molecule has 0 saturated carbocycles. The number of ether oxygens (including phenoxy) is 1. The SMILES string of the molecule is Cc1c[nH]c(CN2CCO[C@@H](c3ccc(Cl)cc3)C2)c(C)c1=O. The van der Waals surface area contributed by atoms with Gasteiger partial charge in [-0.15, -0.1) is 0 Å². The maximum absolute atomic E-state index is 12.1. The number of rotatable bonds is 3. The van der Waals surface area contributed by atoms with Crippen molar-refractivity contribution in [1.29, 1.82) is 0 Å². The van der Waals surface area contributed by atoms with Gasteiger partial charge in [0.1, 0.15) is 0 Å². The van der Waals surface area contributed by atoms with Gasteiger partial charge in [-0.3, -0.25) is 9.69 Å². The fourth-order valence-corrected chi connectivity index (χ4v) is 3.04. The molecule has 1 saturated heterocycles. The second kappa shape index (κ2) is 6.87. The number of nitrogens with one attached hydrogen (secondary N) is 1. The van der Waals surface area contributed by atoms with E-state index in [1.165, 1.54) is 0 Å². The molecule has 0 bridgehead atoms. The molecule has 0 spiro atoms. The number of aromatic nitrogens is 1. The van der Waals surface area contributed by atoms with E-state index in [1.54, 1.807) is 6.20 Å². The Labute approximate surface area is 141 Å². The van der Waals surface area contributed by atoms with Crippen LogP contribution in [0.2, 0.25) is 5.02 Å². The maximum Gasteiger partial charge on any atom is 0.187 e. The van der Waals surface area contributed by atoms with E-state index < -0.39 is 0 Å². The molecule has 0 amide bonds. The molecule has 1 aromatic carbocycles. The van der Waals surface area contributed by atoms with E-state index in [2.05, 4.69) is 9.88 Å². The minimum absolute atomic E-state index is 0.0403. The molecule has 122 valence electrons. The highest BCUT2D eigenvalue weighted by molar-refractivity contribution is 6.30. The van der Waals surface area contributed by atoms with Crippen LogP contribution in [0.3, 0.4) is 0 Å². The predicted octanol–water partition coefficient (Wildman–Crippen LogP) is 3.22. The molecular formula is C18H21ClN2O2. The van der Waals surface area contributed by atoms with Gasteiger partial charge in [0.05, 0.1) is 12.7 Å². The predicted molar refractivity (Wildman–Crippen MR) is 92.0 cm³/mol. The standard InChI is InChI=1S/C18H21ClN2O2/c1-12-9-20-16(13(2)18(12)22)10-21-7-8-23-17(11-21)14-3-5-15(19)6-4-14/h3-6,9,17H,7-8,10-11H2,1-2H3,(H,20,22)/t17-/m1/s1. The van der Waals surface area contributed by atoms with Crippen LogP contribution >= 0.6 is 11.6 Å². The number of halogens is 1. The molecule has 0 unspecified atom stereocenters. The second-order valence-corrected chi connectivity index (χ2v) is 6.49. The van der Waals surface area contributed by atoms with Gasteiger partial charge in [-0.05, 0) is 31.5 Å². The zero-order chi connectivity index (χ0) is 16.4. The lowest BCUT2D eigenvalue weighted by Gasteiger charge is -2.33. The summed E-state index contributed by atoms with van der Waals surface area (Å²) in [7, 11) is 0. The largest absolute Gasteiger partial charge is 0.371 e. The lowest BCUT2D eigenvalue weighted by molar-refractivity contribution is -0.0333. The summed E-state index contributed by atoms with van der Waals surface area (Å²) in [6, 6.07) is 7.80. The third-order valence-electron chi connectivity index (χ3n) is 4.39. The second-order valence-electron chi connectivity index (χ2n) is 6.05. The number of pyridine rings is 1. The molecule has 5 heteroatoms. The number of morpholine rings is 1. The van der Waals surface area contributed by atoms with Crippen LogP contribution < -0.4 is 5.43 Å². The molecule has 4 nitrogen and oxygen atoms in total. The lowest BCUT2D eigenvalue weighted by atomic mass is 10.1.